The standard InChI is InChI=1S/C14H13F3N2OS/c1-3-11-18-12(8(2)13(21)19-11)9-5-4-6-10(7-9)20-14(15,16)17/h4-7H,3H2,1-2H3,(H,18,19,21). The maximum absolute atomic E-state index is 12.3. The molecular weight excluding hydrogens is 301 g/mol. The van der Waals surface area contributed by atoms with Crippen molar-refractivity contribution in [2.75, 3.05) is 0 Å². The molecule has 1 N–H and O–H groups in total. The normalized spacial score (nSPS) is 11.5. The topological polar surface area (TPSA) is 37.9 Å². The fourth-order valence-electron chi connectivity index (χ4n) is 1.88. The van der Waals surface area contributed by atoms with E-state index in [1.54, 1.807) is 13.0 Å². The average Bonchev–Trinajstić information content (AvgIpc) is 2.40. The van der Waals surface area contributed by atoms with E-state index in [2.05, 4.69) is 14.7 Å². The summed E-state index contributed by atoms with van der Waals surface area (Å²) in [6, 6.07) is 5.76. The van der Waals surface area contributed by atoms with Crippen molar-refractivity contribution in [1.29, 1.82) is 0 Å². The van der Waals surface area contributed by atoms with E-state index < -0.39 is 6.36 Å². The van der Waals surface area contributed by atoms with Crippen LogP contribution in [-0.2, 0) is 6.42 Å². The lowest BCUT2D eigenvalue weighted by Gasteiger charge is -2.12. The summed E-state index contributed by atoms with van der Waals surface area (Å²) in [6.45, 7) is 3.69. The molecule has 0 unspecified atom stereocenters. The quantitative estimate of drug-likeness (QED) is 0.843. The van der Waals surface area contributed by atoms with Gasteiger partial charge in [-0.3, -0.25) is 0 Å². The van der Waals surface area contributed by atoms with E-state index >= 15 is 0 Å². The van der Waals surface area contributed by atoms with E-state index in [-0.39, 0.29) is 5.75 Å². The van der Waals surface area contributed by atoms with Gasteiger partial charge >= 0.3 is 6.36 Å². The molecule has 0 spiro atoms. The molecule has 0 aliphatic heterocycles. The van der Waals surface area contributed by atoms with E-state index in [4.69, 9.17) is 12.2 Å². The van der Waals surface area contributed by atoms with E-state index in [1.807, 2.05) is 6.92 Å². The maximum Gasteiger partial charge on any atom is 0.573 e. The van der Waals surface area contributed by atoms with E-state index in [0.717, 1.165) is 0 Å². The van der Waals surface area contributed by atoms with Crippen LogP contribution in [0.1, 0.15) is 18.3 Å². The maximum atomic E-state index is 12.3. The number of rotatable bonds is 3. The molecule has 2 rings (SSSR count). The lowest BCUT2D eigenvalue weighted by molar-refractivity contribution is -0.274. The van der Waals surface area contributed by atoms with Crippen LogP contribution in [0.2, 0.25) is 0 Å². The third kappa shape index (κ3) is 3.81. The Labute approximate surface area is 124 Å². The Morgan fingerprint density at radius 3 is 2.67 bits per heavy atom. The molecule has 1 aromatic carbocycles. The van der Waals surface area contributed by atoms with Crippen LogP contribution in [-0.4, -0.2) is 16.3 Å². The van der Waals surface area contributed by atoms with E-state index in [0.29, 0.717) is 33.7 Å². The zero-order chi connectivity index (χ0) is 15.6. The van der Waals surface area contributed by atoms with E-state index in [9.17, 15) is 13.2 Å². The number of hydrogen-bond acceptors (Lipinski definition) is 3. The third-order valence-corrected chi connectivity index (χ3v) is 3.29. The number of aromatic amines is 1. The highest BCUT2D eigenvalue weighted by Crippen LogP contribution is 2.28. The molecule has 7 heteroatoms. The smallest absolute Gasteiger partial charge is 0.406 e. The Morgan fingerprint density at radius 1 is 1.33 bits per heavy atom. The molecule has 0 radical (unpaired) electrons. The van der Waals surface area contributed by atoms with Crippen LogP contribution in [0.3, 0.4) is 0 Å². The zero-order valence-corrected chi connectivity index (χ0v) is 12.2. The lowest BCUT2D eigenvalue weighted by atomic mass is 10.1. The molecule has 1 aromatic heterocycles. The first-order valence-corrected chi connectivity index (χ1v) is 6.67. The van der Waals surface area contributed by atoms with Crippen molar-refractivity contribution in [2.45, 2.75) is 26.6 Å². The molecule has 21 heavy (non-hydrogen) atoms. The number of nitrogens with zero attached hydrogens (tertiary/aromatic N) is 1. The molecule has 0 amide bonds. The molecule has 112 valence electrons. The van der Waals surface area contributed by atoms with Crippen molar-refractivity contribution < 1.29 is 17.9 Å². The van der Waals surface area contributed by atoms with Gasteiger partial charge in [0.05, 0.1) is 5.69 Å². The fraction of sp³-hybridized carbons (Fsp3) is 0.286. The number of nitrogens with one attached hydrogen (secondary N) is 1. The van der Waals surface area contributed by atoms with Gasteiger partial charge in [-0.05, 0) is 19.1 Å². The largest absolute Gasteiger partial charge is 0.573 e. The molecule has 0 saturated carbocycles. The second-order valence-electron chi connectivity index (χ2n) is 4.42. The van der Waals surface area contributed by atoms with Crippen molar-refractivity contribution in [3.8, 4) is 17.0 Å². The highest BCUT2D eigenvalue weighted by molar-refractivity contribution is 7.71. The average molecular weight is 314 g/mol. The monoisotopic (exact) mass is 314 g/mol. The summed E-state index contributed by atoms with van der Waals surface area (Å²) in [5.41, 5.74) is 1.93. The minimum absolute atomic E-state index is 0.270. The fourth-order valence-corrected chi connectivity index (χ4v) is 2.10. The highest BCUT2D eigenvalue weighted by Gasteiger charge is 2.31. The van der Waals surface area contributed by atoms with Crippen molar-refractivity contribution >= 4 is 12.2 Å². The summed E-state index contributed by atoms with van der Waals surface area (Å²) in [7, 11) is 0. The molecule has 0 saturated heterocycles. The SMILES string of the molecule is CCc1nc(=S)c(C)c(-c2cccc(OC(F)(F)F)c2)[nH]1. The Balaban J connectivity index is 2.50. The first-order valence-electron chi connectivity index (χ1n) is 6.26. The summed E-state index contributed by atoms with van der Waals surface area (Å²) in [4.78, 5) is 7.30. The molecule has 0 aliphatic carbocycles. The summed E-state index contributed by atoms with van der Waals surface area (Å²) in [6.07, 6.45) is -4.07. The lowest BCUT2D eigenvalue weighted by Crippen LogP contribution is -2.17. The number of H-pyrrole nitrogens is 1. The second-order valence-corrected chi connectivity index (χ2v) is 4.80. The number of alkyl halides is 3. The van der Waals surface area contributed by atoms with Crippen LogP contribution in [0.15, 0.2) is 24.3 Å². The van der Waals surface area contributed by atoms with Crippen LogP contribution in [0.4, 0.5) is 13.2 Å². The predicted octanol–water partition coefficient (Wildman–Crippen LogP) is 4.58. The van der Waals surface area contributed by atoms with Gasteiger partial charge in [-0.1, -0.05) is 31.3 Å². The van der Waals surface area contributed by atoms with Crippen LogP contribution in [0.5, 0.6) is 5.75 Å². The first kappa shape index (κ1) is 15.5. The molecule has 0 bridgehead atoms. The van der Waals surface area contributed by atoms with Crippen molar-refractivity contribution in [1.82, 2.24) is 9.97 Å². The highest BCUT2D eigenvalue weighted by atomic mass is 32.1. The Hall–Kier alpha value is -1.89. The molecule has 0 atom stereocenters. The van der Waals surface area contributed by atoms with Crippen LogP contribution in [0, 0.1) is 11.6 Å². The summed E-state index contributed by atoms with van der Waals surface area (Å²) < 4.78 is 41.2. The number of aromatic nitrogens is 2. The second kappa shape index (κ2) is 5.85. The van der Waals surface area contributed by atoms with Crippen LogP contribution in [0.25, 0.3) is 11.3 Å². The summed E-state index contributed by atoms with van der Waals surface area (Å²) in [5, 5.41) is 0. The summed E-state index contributed by atoms with van der Waals surface area (Å²) >= 11 is 5.17. The molecule has 3 nitrogen and oxygen atoms in total. The molecule has 0 aliphatic rings. The number of halogens is 3. The van der Waals surface area contributed by atoms with Gasteiger partial charge in [0.25, 0.3) is 0 Å². The van der Waals surface area contributed by atoms with Crippen molar-refractivity contribution in [2.24, 2.45) is 0 Å². The number of ether oxygens (including phenoxy) is 1. The van der Waals surface area contributed by atoms with Crippen molar-refractivity contribution in [3.05, 3.63) is 40.3 Å². The van der Waals surface area contributed by atoms with Gasteiger partial charge in [0.2, 0.25) is 0 Å². The van der Waals surface area contributed by atoms with Gasteiger partial charge in [-0.15, -0.1) is 13.2 Å². The zero-order valence-electron chi connectivity index (χ0n) is 11.4. The number of aryl methyl sites for hydroxylation is 1. The van der Waals surface area contributed by atoms with Gasteiger partial charge in [-0.25, -0.2) is 4.98 Å². The van der Waals surface area contributed by atoms with Gasteiger partial charge in [0.1, 0.15) is 16.2 Å². The van der Waals surface area contributed by atoms with Crippen molar-refractivity contribution in [3.63, 3.8) is 0 Å². The molecule has 1 heterocycles. The molecular formula is C14H13F3N2OS. The Morgan fingerprint density at radius 2 is 2.05 bits per heavy atom. The van der Waals surface area contributed by atoms with Gasteiger partial charge in [0, 0.05) is 17.5 Å². The van der Waals surface area contributed by atoms with Gasteiger partial charge in [-0.2, -0.15) is 0 Å². The molecule has 0 fully saturated rings. The molecule has 2 aromatic rings. The van der Waals surface area contributed by atoms with Gasteiger partial charge < -0.3 is 9.72 Å². The third-order valence-electron chi connectivity index (χ3n) is 2.89. The van der Waals surface area contributed by atoms with Crippen LogP contribution < -0.4 is 4.74 Å². The number of hydrogen-bond donors (Lipinski definition) is 1. The number of benzene rings is 1. The van der Waals surface area contributed by atoms with E-state index in [1.165, 1.54) is 18.2 Å². The predicted molar refractivity (Wildman–Crippen MR) is 75.7 cm³/mol. The summed E-state index contributed by atoms with van der Waals surface area (Å²) in [5.74, 6) is 0.413. The van der Waals surface area contributed by atoms with Crippen LogP contribution >= 0.6 is 12.2 Å². The Kier molecular flexibility index (Phi) is 4.32. The minimum Gasteiger partial charge on any atom is -0.406 e. The minimum atomic E-state index is -4.71. The first-order chi connectivity index (χ1) is 9.80. The Bertz CT molecular complexity index is 710. The van der Waals surface area contributed by atoms with Gasteiger partial charge in [0.15, 0.2) is 0 Å².